The number of Topliss-reactive ketones (excluding diaryl/α,β-unsaturated/α-hetero) is 1. The van der Waals surface area contributed by atoms with Crippen molar-refractivity contribution in [2.45, 2.75) is 38.8 Å². The zero-order chi connectivity index (χ0) is 18.7. The largest absolute Gasteiger partial charge is 0.300 e. The summed E-state index contributed by atoms with van der Waals surface area (Å²) in [6.45, 7) is 5.67. The van der Waals surface area contributed by atoms with Crippen LogP contribution in [0.1, 0.15) is 30.9 Å². The van der Waals surface area contributed by atoms with Crippen LogP contribution in [0.2, 0.25) is 0 Å². The number of carbonyl (C=O) groups is 1. The molecule has 0 spiro atoms. The highest BCUT2D eigenvalue weighted by Gasteiger charge is 2.15. The lowest BCUT2D eigenvalue weighted by atomic mass is 10.1. The van der Waals surface area contributed by atoms with Crippen LogP contribution in [0.4, 0.5) is 0 Å². The van der Waals surface area contributed by atoms with E-state index in [2.05, 4.69) is 0 Å². The highest BCUT2D eigenvalue weighted by atomic mass is 32.2. The molecule has 1 aromatic heterocycles. The van der Waals surface area contributed by atoms with Gasteiger partial charge in [0.15, 0.2) is 5.16 Å². The molecule has 3 rings (SSSR count). The first-order valence-electron chi connectivity index (χ1n) is 8.69. The Morgan fingerprint density at radius 1 is 1.12 bits per heavy atom. The van der Waals surface area contributed by atoms with E-state index in [9.17, 15) is 9.59 Å². The van der Waals surface area contributed by atoms with Gasteiger partial charge in [0.1, 0.15) is 5.78 Å². The van der Waals surface area contributed by atoms with Gasteiger partial charge in [-0.3, -0.25) is 9.36 Å². The fraction of sp³-hybridized carbons (Fsp3) is 0.286. The molecule has 0 unspecified atom stereocenters. The van der Waals surface area contributed by atoms with Gasteiger partial charge in [0.25, 0.3) is 5.56 Å². The average Bonchev–Trinajstić information content (AvgIpc) is 2.62. The zero-order valence-corrected chi connectivity index (χ0v) is 16.1. The van der Waals surface area contributed by atoms with Gasteiger partial charge in [0.2, 0.25) is 0 Å². The first-order valence-corrected chi connectivity index (χ1v) is 9.68. The standard InChI is InChI=1S/C21H22N2O2S/c1-14-8-6-12-19(16(14)3)23-20(25)17-10-4-5-11-18(17)22-21(23)26-13-7-9-15(2)24/h4-6,8,10-12H,7,9,13H2,1-3H3. The monoisotopic (exact) mass is 366 g/mol. The Morgan fingerprint density at radius 3 is 2.65 bits per heavy atom. The number of nitrogens with zero attached hydrogens (tertiary/aromatic N) is 2. The predicted octanol–water partition coefficient (Wildman–Crippen LogP) is 4.46. The van der Waals surface area contributed by atoms with Gasteiger partial charge in [0.05, 0.1) is 16.6 Å². The van der Waals surface area contributed by atoms with Crippen molar-refractivity contribution in [3.63, 3.8) is 0 Å². The summed E-state index contributed by atoms with van der Waals surface area (Å²) in [4.78, 5) is 29.1. The second kappa shape index (κ2) is 7.87. The van der Waals surface area contributed by atoms with Gasteiger partial charge in [-0.2, -0.15) is 0 Å². The number of carbonyl (C=O) groups excluding carboxylic acids is 1. The number of hydrogen-bond donors (Lipinski definition) is 0. The molecule has 26 heavy (non-hydrogen) atoms. The Morgan fingerprint density at radius 2 is 1.88 bits per heavy atom. The van der Waals surface area contributed by atoms with Gasteiger partial charge in [-0.15, -0.1) is 0 Å². The number of benzene rings is 2. The number of aryl methyl sites for hydroxylation is 1. The first kappa shape index (κ1) is 18.4. The van der Waals surface area contributed by atoms with Gasteiger partial charge in [-0.1, -0.05) is 36.0 Å². The molecular formula is C21H22N2O2S. The number of ketones is 1. The maximum absolute atomic E-state index is 13.2. The molecule has 0 saturated carbocycles. The Bertz CT molecular complexity index is 1020. The number of para-hydroxylation sites is 1. The van der Waals surface area contributed by atoms with Crippen LogP contribution in [0.3, 0.4) is 0 Å². The quantitative estimate of drug-likeness (QED) is 0.367. The van der Waals surface area contributed by atoms with E-state index in [4.69, 9.17) is 4.98 Å². The summed E-state index contributed by atoms with van der Waals surface area (Å²) in [5.74, 6) is 0.930. The molecular weight excluding hydrogens is 344 g/mol. The average molecular weight is 366 g/mol. The molecule has 0 radical (unpaired) electrons. The second-order valence-corrected chi connectivity index (χ2v) is 7.49. The highest BCUT2D eigenvalue weighted by Crippen LogP contribution is 2.25. The van der Waals surface area contributed by atoms with E-state index >= 15 is 0 Å². The maximum Gasteiger partial charge on any atom is 0.266 e. The van der Waals surface area contributed by atoms with Crippen LogP contribution >= 0.6 is 11.8 Å². The summed E-state index contributed by atoms with van der Waals surface area (Å²) in [6, 6.07) is 13.4. The van der Waals surface area contributed by atoms with Crippen molar-refractivity contribution in [2.24, 2.45) is 0 Å². The van der Waals surface area contributed by atoms with Crippen molar-refractivity contribution >= 4 is 28.4 Å². The van der Waals surface area contributed by atoms with Crippen LogP contribution in [0, 0.1) is 13.8 Å². The summed E-state index contributed by atoms with van der Waals surface area (Å²) in [5.41, 5.74) is 3.71. The van der Waals surface area contributed by atoms with E-state index in [0.29, 0.717) is 22.5 Å². The number of fused-ring (bicyclic) bond motifs is 1. The van der Waals surface area contributed by atoms with Crippen molar-refractivity contribution < 1.29 is 4.79 Å². The van der Waals surface area contributed by atoms with Crippen LogP contribution in [0.15, 0.2) is 52.4 Å². The fourth-order valence-corrected chi connectivity index (χ4v) is 3.83. The van der Waals surface area contributed by atoms with Crippen LogP contribution < -0.4 is 5.56 Å². The molecule has 5 heteroatoms. The van der Waals surface area contributed by atoms with E-state index in [-0.39, 0.29) is 11.3 Å². The molecule has 0 aliphatic rings. The summed E-state index contributed by atoms with van der Waals surface area (Å²) in [5, 5.41) is 1.28. The van der Waals surface area contributed by atoms with Crippen LogP contribution in [0.25, 0.3) is 16.6 Å². The molecule has 4 nitrogen and oxygen atoms in total. The number of thioether (sulfide) groups is 1. The summed E-state index contributed by atoms with van der Waals surface area (Å²) >= 11 is 1.53. The van der Waals surface area contributed by atoms with Gasteiger partial charge in [0, 0.05) is 12.2 Å². The van der Waals surface area contributed by atoms with E-state index < -0.39 is 0 Å². The van der Waals surface area contributed by atoms with Gasteiger partial charge in [-0.25, -0.2) is 4.98 Å². The van der Waals surface area contributed by atoms with Crippen molar-refractivity contribution in [3.05, 3.63) is 63.9 Å². The third-order valence-corrected chi connectivity index (χ3v) is 5.49. The van der Waals surface area contributed by atoms with E-state index in [1.807, 2.05) is 56.3 Å². The summed E-state index contributed by atoms with van der Waals surface area (Å²) in [6.07, 6.45) is 1.32. The zero-order valence-electron chi connectivity index (χ0n) is 15.3. The Kier molecular flexibility index (Phi) is 5.57. The molecule has 0 saturated heterocycles. The molecule has 2 aromatic carbocycles. The lowest BCUT2D eigenvalue weighted by molar-refractivity contribution is -0.117. The SMILES string of the molecule is CC(=O)CCCSc1nc2ccccc2c(=O)n1-c1cccc(C)c1C. The van der Waals surface area contributed by atoms with Gasteiger partial charge in [-0.05, 0) is 56.5 Å². The molecule has 0 fully saturated rings. The third-order valence-electron chi connectivity index (χ3n) is 4.47. The van der Waals surface area contributed by atoms with Crippen molar-refractivity contribution in [2.75, 3.05) is 5.75 Å². The Balaban J connectivity index is 2.13. The molecule has 0 aliphatic heterocycles. The summed E-state index contributed by atoms with van der Waals surface area (Å²) in [7, 11) is 0. The minimum absolute atomic E-state index is 0.0571. The topological polar surface area (TPSA) is 52.0 Å². The molecule has 0 aliphatic carbocycles. The third kappa shape index (κ3) is 3.73. The predicted molar refractivity (Wildman–Crippen MR) is 107 cm³/mol. The smallest absolute Gasteiger partial charge is 0.266 e. The van der Waals surface area contributed by atoms with Crippen LogP contribution in [-0.4, -0.2) is 21.1 Å². The van der Waals surface area contributed by atoms with Crippen molar-refractivity contribution in [3.8, 4) is 5.69 Å². The summed E-state index contributed by atoms with van der Waals surface area (Å²) < 4.78 is 1.71. The number of hydrogen-bond acceptors (Lipinski definition) is 4. The molecule has 0 bridgehead atoms. The van der Waals surface area contributed by atoms with Crippen molar-refractivity contribution in [1.29, 1.82) is 0 Å². The van der Waals surface area contributed by atoms with E-state index in [1.165, 1.54) is 11.8 Å². The maximum atomic E-state index is 13.2. The Hall–Kier alpha value is -2.40. The molecule has 0 N–H and O–H groups in total. The van der Waals surface area contributed by atoms with Crippen LogP contribution in [-0.2, 0) is 4.79 Å². The minimum Gasteiger partial charge on any atom is -0.300 e. The molecule has 0 amide bonds. The molecule has 0 atom stereocenters. The van der Waals surface area contributed by atoms with Crippen molar-refractivity contribution in [1.82, 2.24) is 9.55 Å². The lowest BCUT2D eigenvalue weighted by Crippen LogP contribution is -2.22. The fourth-order valence-electron chi connectivity index (χ4n) is 2.88. The van der Waals surface area contributed by atoms with Crippen LogP contribution in [0.5, 0.6) is 0 Å². The number of aromatic nitrogens is 2. The normalized spacial score (nSPS) is 11.0. The molecule has 134 valence electrons. The minimum atomic E-state index is -0.0571. The Labute approximate surface area is 157 Å². The van der Waals surface area contributed by atoms with Gasteiger partial charge >= 0.3 is 0 Å². The van der Waals surface area contributed by atoms with Gasteiger partial charge < -0.3 is 4.79 Å². The second-order valence-electron chi connectivity index (χ2n) is 6.43. The number of rotatable bonds is 6. The lowest BCUT2D eigenvalue weighted by Gasteiger charge is -2.16. The highest BCUT2D eigenvalue weighted by molar-refractivity contribution is 7.99. The van der Waals surface area contributed by atoms with E-state index in [1.54, 1.807) is 11.5 Å². The van der Waals surface area contributed by atoms with E-state index in [0.717, 1.165) is 29.0 Å². The molecule has 1 heterocycles. The first-order chi connectivity index (χ1) is 12.5. The molecule has 3 aromatic rings.